The lowest BCUT2D eigenvalue weighted by atomic mass is 10.1. The van der Waals surface area contributed by atoms with Crippen molar-refractivity contribution in [2.75, 3.05) is 51.3 Å². The molecule has 4 rings (SSSR count). The Morgan fingerprint density at radius 2 is 1.61 bits per heavy atom. The van der Waals surface area contributed by atoms with Crippen molar-refractivity contribution >= 4 is 33.2 Å². The normalized spacial score (nSPS) is 18.1. The molecule has 0 aliphatic carbocycles. The highest BCUT2D eigenvalue weighted by molar-refractivity contribution is 7.89. The molecule has 2 aromatic rings. The minimum atomic E-state index is -3.66. The van der Waals surface area contributed by atoms with Crippen molar-refractivity contribution in [2.24, 2.45) is 0 Å². The quantitative estimate of drug-likeness (QED) is 0.635. The number of carbonyl (C=O) groups is 1. The lowest BCUT2D eigenvalue weighted by molar-refractivity contribution is 0.0746. The zero-order valence-corrected chi connectivity index (χ0v) is 20.4. The Morgan fingerprint density at radius 1 is 0.909 bits per heavy atom. The summed E-state index contributed by atoms with van der Waals surface area (Å²) in [6.45, 7) is 3.41. The van der Waals surface area contributed by atoms with Crippen LogP contribution in [0.5, 0.6) is 5.75 Å². The van der Waals surface area contributed by atoms with Gasteiger partial charge in [-0.1, -0.05) is 30.5 Å². The van der Waals surface area contributed by atoms with E-state index in [0.717, 1.165) is 37.1 Å². The molecule has 0 saturated carbocycles. The van der Waals surface area contributed by atoms with Crippen LogP contribution in [0.15, 0.2) is 47.4 Å². The van der Waals surface area contributed by atoms with Crippen LogP contribution in [-0.4, -0.2) is 69.9 Å². The van der Waals surface area contributed by atoms with E-state index in [1.165, 1.54) is 22.5 Å². The fourth-order valence-corrected chi connectivity index (χ4v) is 6.15. The Morgan fingerprint density at radius 3 is 2.27 bits per heavy atom. The third-order valence-electron chi connectivity index (χ3n) is 6.36. The SMILES string of the molecule is COc1cccc(N2CCN(C(=O)c3cc(S(=O)(=O)N4CCCCCC4)ccc3Cl)CC2)c1. The Balaban J connectivity index is 1.48. The van der Waals surface area contributed by atoms with Crippen LogP contribution in [0.4, 0.5) is 5.69 Å². The minimum Gasteiger partial charge on any atom is -0.497 e. The highest BCUT2D eigenvalue weighted by atomic mass is 35.5. The topological polar surface area (TPSA) is 70.2 Å². The fraction of sp³-hybridized carbons (Fsp3) is 0.458. The zero-order valence-electron chi connectivity index (χ0n) is 18.9. The first kappa shape index (κ1) is 23.9. The number of nitrogens with zero attached hydrogens (tertiary/aromatic N) is 3. The molecule has 2 fully saturated rings. The van der Waals surface area contributed by atoms with Gasteiger partial charge in [0.15, 0.2) is 0 Å². The third kappa shape index (κ3) is 5.28. The number of piperazine rings is 1. The summed E-state index contributed by atoms with van der Waals surface area (Å²) in [4.78, 5) is 17.3. The van der Waals surface area contributed by atoms with E-state index in [-0.39, 0.29) is 21.4 Å². The number of hydrogen-bond donors (Lipinski definition) is 0. The van der Waals surface area contributed by atoms with E-state index >= 15 is 0 Å². The highest BCUT2D eigenvalue weighted by Gasteiger charge is 2.29. The number of rotatable bonds is 5. The number of sulfonamides is 1. The summed E-state index contributed by atoms with van der Waals surface area (Å²) in [6.07, 6.45) is 3.79. The van der Waals surface area contributed by atoms with Crippen molar-refractivity contribution in [3.63, 3.8) is 0 Å². The van der Waals surface area contributed by atoms with Crippen molar-refractivity contribution in [2.45, 2.75) is 30.6 Å². The maximum atomic E-state index is 13.3. The maximum absolute atomic E-state index is 13.3. The zero-order chi connectivity index (χ0) is 23.4. The molecule has 2 aromatic carbocycles. The molecule has 2 heterocycles. The number of methoxy groups -OCH3 is 1. The van der Waals surface area contributed by atoms with E-state index in [9.17, 15) is 13.2 Å². The van der Waals surface area contributed by atoms with Crippen LogP contribution in [0, 0.1) is 0 Å². The number of benzene rings is 2. The van der Waals surface area contributed by atoms with Gasteiger partial charge >= 0.3 is 0 Å². The molecule has 0 unspecified atom stereocenters. The monoisotopic (exact) mass is 491 g/mol. The van der Waals surface area contributed by atoms with Crippen LogP contribution in [0.1, 0.15) is 36.0 Å². The van der Waals surface area contributed by atoms with Gasteiger partial charge in [0, 0.05) is 51.0 Å². The standard InChI is InChI=1S/C24H30ClN3O4S/c1-32-20-8-6-7-19(17-20)26-13-15-27(16-14-26)24(29)22-18-21(9-10-23(22)25)33(30,31)28-11-4-2-3-5-12-28/h6-10,17-18H,2-5,11-16H2,1H3. The molecule has 178 valence electrons. The number of amides is 1. The Labute approximate surface area is 200 Å². The van der Waals surface area contributed by atoms with Crippen LogP contribution in [-0.2, 0) is 10.0 Å². The van der Waals surface area contributed by atoms with Crippen molar-refractivity contribution in [1.82, 2.24) is 9.21 Å². The first-order valence-corrected chi connectivity index (χ1v) is 13.2. The van der Waals surface area contributed by atoms with E-state index < -0.39 is 10.0 Å². The molecule has 0 bridgehead atoms. The highest BCUT2D eigenvalue weighted by Crippen LogP contribution is 2.27. The van der Waals surface area contributed by atoms with Gasteiger partial charge < -0.3 is 14.5 Å². The van der Waals surface area contributed by atoms with Gasteiger partial charge in [-0.25, -0.2) is 8.42 Å². The summed E-state index contributed by atoms with van der Waals surface area (Å²) in [5.74, 6) is 0.554. The summed E-state index contributed by atoms with van der Waals surface area (Å²) >= 11 is 6.35. The molecule has 0 N–H and O–H groups in total. The predicted molar refractivity (Wildman–Crippen MR) is 130 cm³/mol. The predicted octanol–water partition coefficient (Wildman–Crippen LogP) is 3.88. The molecule has 0 radical (unpaired) electrons. The maximum Gasteiger partial charge on any atom is 0.255 e. The van der Waals surface area contributed by atoms with E-state index in [1.807, 2.05) is 24.3 Å². The third-order valence-corrected chi connectivity index (χ3v) is 8.58. The Kier molecular flexibility index (Phi) is 7.46. The molecular weight excluding hydrogens is 462 g/mol. The van der Waals surface area contributed by atoms with Crippen molar-refractivity contribution < 1.29 is 17.9 Å². The van der Waals surface area contributed by atoms with E-state index in [2.05, 4.69) is 4.90 Å². The van der Waals surface area contributed by atoms with E-state index in [1.54, 1.807) is 12.0 Å². The lowest BCUT2D eigenvalue weighted by Crippen LogP contribution is -2.48. The number of carbonyl (C=O) groups excluding carboxylic acids is 1. The summed E-state index contributed by atoms with van der Waals surface area (Å²) in [7, 11) is -2.02. The number of ether oxygens (including phenoxy) is 1. The van der Waals surface area contributed by atoms with Gasteiger partial charge in [-0.3, -0.25) is 4.79 Å². The van der Waals surface area contributed by atoms with Crippen LogP contribution in [0.3, 0.4) is 0 Å². The molecular formula is C24H30ClN3O4S. The molecule has 9 heteroatoms. The molecule has 7 nitrogen and oxygen atoms in total. The van der Waals surface area contributed by atoms with Crippen LogP contribution in [0.2, 0.25) is 5.02 Å². The number of anilines is 1. The van der Waals surface area contributed by atoms with Gasteiger partial charge in [0.05, 0.1) is 22.6 Å². The molecule has 0 aromatic heterocycles. The largest absolute Gasteiger partial charge is 0.497 e. The summed E-state index contributed by atoms with van der Waals surface area (Å²) in [5.41, 5.74) is 1.28. The molecule has 2 aliphatic rings. The van der Waals surface area contributed by atoms with Crippen LogP contribution >= 0.6 is 11.6 Å². The van der Waals surface area contributed by atoms with Crippen LogP contribution < -0.4 is 9.64 Å². The van der Waals surface area contributed by atoms with Gasteiger partial charge in [0.25, 0.3) is 5.91 Å². The number of hydrogen-bond acceptors (Lipinski definition) is 5. The van der Waals surface area contributed by atoms with Gasteiger partial charge in [-0.05, 0) is 43.2 Å². The lowest BCUT2D eigenvalue weighted by Gasteiger charge is -2.36. The average Bonchev–Trinajstić information content (AvgIpc) is 3.14. The van der Waals surface area contributed by atoms with Crippen molar-refractivity contribution in [1.29, 1.82) is 0 Å². The van der Waals surface area contributed by atoms with Crippen molar-refractivity contribution in [3.05, 3.63) is 53.1 Å². The molecule has 0 atom stereocenters. The number of halogens is 1. The molecule has 2 saturated heterocycles. The Bertz CT molecular complexity index is 1090. The van der Waals surface area contributed by atoms with E-state index in [0.29, 0.717) is 39.3 Å². The van der Waals surface area contributed by atoms with Gasteiger partial charge in [-0.2, -0.15) is 4.31 Å². The van der Waals surface area contributed by atoms with Gasteiger partial charge in [0.1, 0.15) is 5.75 Å². The fourth-order valence-electron chi connectivity index (χ4n) is 4.41. The second-order valence-electron chi connectivity index (χ2n) is 8.44. The molecule has 0 spiro atoms. The molecule has 2 aliphatic heterocycles. The molecule has 1 amide bonds. The van der Waals surface area contributed by atoms with Gasteiger partial charge in [-0.15, -0.1) is 0 Å². The van der Waals surface area contributed by atoms with Crippen LogP contribution in [0.25, 0.3) is 0 Å². The average molecular weight is 492 g/mol. The second-order valence-corrected chi connectivity index (χ2v) is 10.8. The Hall–Kier alpha value is -2.29. The second kappa shape index (κ2) is 10.3. The van der Waals surface area contributed by atoms with E-state index in [4.69, 9.17) is 16.3 Å². The summed E-state index contributed by atoms with van der Waals surface area (Å²) in [6, 6.07) is 12.3. The summed E-state index contributed by atoms with van der Waals surface area (Å²) in [5, 5.41) is 0.269. The molecule has 33 heavy (non-hydrogen) atoms. The first-order valence-electron chi connectivity index (χ1n) is 11.4. The first-order chi connectivity index (χ1) is 15.9. The van der Waals surface area contributed by atoms with Crippen molar-refractivity contribution in [3.8, 4) is 5.75 Å². The minimum absolute atomic E-state index is 0.132. The van der Waals surface area contributed by atoms with Gasteiger partial charge in [0.2, 0.25) is 10.0 Å². The smallest absolute Gasteiger partial charge is 0.255 e. The summed E-state index contributed by atoms with van der Waals surface area (Å²) < 4.78 is 33.2.